The number of hydrogen-bond acceptors (Lipinski definition) is 4. The molecule has 5 heteroatoms. The van der Waals surface area contributed by atoms with Gasteiger partial charge in [-0.05, 0) is 35.4 Å². The molecule has 0 saturated carbocycles. The molecule has 0 aliphatic rings. The Balaban J connectivity index is 2.08. The minimum atomic E-state index is -0.0942. The Labute approximate surface area is 121 Å². The summed E-state index contributed by atoms with van der Waals surface area (Å²) in [6.07, 6.45) is 1.45. The zero-order valence-electron chi connectivity index (χ0n) is 11.5. The molecule has 3 aromatic rings. The number of carbonyl (C=O) groups excluding carboxylic acids is 1. The molecular weight excluding hydrogens is 264 g/mol. The van der Waals surface area contributed by atoms with E-state index in [2.05, 4.69) is 15.3 Å². The first-order valence-electron chi connectivity index (χ1n) is 6.52. The second-order valence-electron chi connectivity index (χ2n) is 4.75. The summed E-state index contributed by atoms with van der Waals surface area (Å²) in [7, 11) is 0. The first-order valence-corrected chi connectivity index (χ1v) is 6.52. The zero-order valence-corrected chi connectivity index (χ0v) is 11.5. The molecule has 0 aliphatic heterocycles. The molecule has 0 saturated heterocycles. The lowest BCUT2D eigenvalue weighted by molar-refractivity contribution is -0.114. The van der Waals surface area contributed by atoms with Crippen molar-refractivity contribution < 1.29 is 4.79 Å². The third-order valence-electron chi connectivity index (χ3n) is 3.18. The average molecular weight is 278 g/mol. The van der Waals surface area contributed by atoms with Crippen LogP contribution >= 0.6 is 0 Å². The van der Waals surface area contributed by atoms with Gasteiger partial charge in [0.05, 0.1) is 5.52 Å². The summed E-state index contributed by atoms with van der Waals surface area (Å²) in [5.41, 5.74) is 9.45. The molecule has 0 fully saturated rings. The summed E-state index contributed by atoms with van der Waals surface area (Å²) in [6, 6.07) is 13.5. The molecule has 2 aromatic carbocycles. The van der Waals surface area contributed by atoms with Crippen LogP contribution in [0.3, 0.4) is 0 Å². The summed E-state index contributed by atoms with van der Waals surface area (Å²) >= 11 is 0. The maximum absolute atomic E-state index is 11.1. The summed E-state index contributed by atoms with van der Waals surface area (Å²) in [5.74, 6) is 0.364. The fraction of sp³-hybridized carbons (Fsp3) is 0.0625. The molecule has 1 heterocycles. The molecule has 5 nitrogen and oxygen atoms in total. The van der Waals surface area contributed by atoms with Gasteiger partial charge in [0.1, 0.15) is 12.1 Å². The van der Waals surface area contributed by atoms with Gasteiger partial charge in [-0.3, -0.25) is 4.79 Å². The number of rotatable bonds is 2. The van der Waals surface area contributed by atoms with Crippen molar-refractivity contribution in [2.75, 3.05) is 11.1 Å². The van der Waals surface area contributed by atoms with Crippen LogP contribution in [0.25, 0.3) is 22.0 Å². The van der Waals surface area contributed by atoms with Gasteiger partial charge < -0.3 is 11.1 Å². The summed E-state index contributed by atoms with van der Waals surface area (Å²) in [6.45, 7) is 1.49. The van der Waals surface area contributed by atoms with Gasteiger partial charge in [0.15, 0.2) is 0 Å². The second-order valence-corrected chi connectivity index (χ2v) is 4.75. The van der Waals surface area contributed by atoms with E-state index in [9.17, 15) is 4.79 Å². The van der Waals surface area contributed by atoms with E-state index >= 15 is 0 Å². The normalized spacial score (nSPS) is 10.5. The van der Waals surface area contributed by atoms with Gasteiger partial charge in [-0.2, -0.15) is 0 Å². The van der Waals surface area contributed by atoms with Gasteiger partial charge in [0, 0.05) is 18.0 Å². The van der Waals surface area contributed by atoms with Crippen LogP contribution in [0.5, 0.6) is 0 Å². The van der Waals surface area contributed by atoms with E-state index in [0.717, 1.165) is 27.7 Å². The lowest BCUT2D eigenvalue weighted by Gasteiger charge is -2.07. The summed E-state index contributed by atoms with van der Waals surface area (Å²) in [4.78, 5) is 19.3. The number of benzene rings is 2. The van der Waals surface area contributed by atoms with Gasteiger partial charge in [-0.25, -0.2) is 9.97 Å². The molecule has 104 valence electrons. The highest BCUT2D eigenvalue weighted by Gasteiger charge is 2.05. The quantitative estimate of drug-likeness (QED) is 0.755. The molecule has 0 aliphatic carbocycles. The van der Waals surface area contributed by atoms with Crippen LogP contribution in [-0.2, 0) is 4.79 Å². The fourth-order valence-electron chi connectivity index (χ4n) is 2.24. The molecule has 0 unspecified atom stereocenters. The van der Waals surface area contributed by atoms with E-state index in [1.54, 1.807) is 0 Å². The number of nitrogens with one attached hydrogen (secondary N) is 1. The van der Waals surface area contributed by atoms with E-state index in [1.165, 1.54) is 13.3 Å². The SMILES string of the molecule is CC(=O)Nc1cccc(-c2ccc3ncnc(N)c3c2)c1. The van der Waals surface area contributed by atoms with Crippen LogP contribution in [0, 0.1) is 0 Å². The molecule has 1 aromatic heterocycles. The van der Waals surface area contributed by atoms with Crippen molar-refractivity contribution >= 4 is 28.3 Å². The first-order chi connectivity index (χ1) is 10.1. The smallest absolute Gasteiger partial charge is 0.221 e. The van der Waals surface area contributed by atoms with E-state index < -0.39 is 0 Å². The predicted octanol–water partition coefficient (Wildman–Crippen LogP) is 2.84. The van der Waals surface area contributed by atoms with Gasteiger partial charge >= 0.3 is 0 Å². The number of anilines is 2. The van der Waals surface area contributed by atoms with Crippen molar-refractivity contribution in [2.45, 2.75) is 6.92 Å². The number of fused-ring (bicyclic) bond motifs is 1. The Morgan fingerprint density at radius 2 is 1.90 bits per heavy atom. The van der Waals surface area contributed by atoms with Crippen LogP contribution in [0.4, 0.5) is 11.5 Å². The van der Waals surface area contributed by atoms with Crippen LogP contribution < -0.4 is 11.1 Å². The highest BCUT2D eigenvalue weighted by molar-refractivity contribution is 5.93. The Hall–Kier alpha value is -2.95. The van der Waals surface area contributed by atoms with Gasteiger partial charge in [0.25, 0.3) is 0 Å². The zero-order chi connectivity index (χ0) is 14.8. The number of carbonyl (C=O) groups is 1. The molecule has 3 rings (SSSR count). The van der Waals surface area contributed by atoms with Crippen LogP contribution in [-0.4, -0.2) is 15.9 Å². The molecule has 1 amide bonds. The number of nitrogen functional groups attached to an aromatic ring is 1. The average Bonchev–Trinajstić information content (AvgIpc) is 2.47. The molecule has 0 bridgehead atoms. The molecular formula is C16H14N4O. The van der Waals surface area contributed by atoms with Crippen LogP contribution in [0.15, 0.2) is 48.8 Å². The topological polar surface area (TPSA) is 80.9 Å². The third-order valence-corrected chi connectivity index (χ3v) is 3.18. The Morgan fingerprint density at radius 1 is 1.10 bits per heavy atom. The molecule has 0 radical (unpaired) electrons. The highest BCUT2D eigenvalue weighted by atomic mass is 16.1. The number of amides is 1. The van der Waals surface area contributed by atoms with E-state index in [0.29, 0.717) is 5.82 Å². The maximum atomic E-state index is 11.1. The van der Waals surface area contributed by atoms with E-state index in [4.69, 9.17) is 5.73 Å². The first kappa shape index (κ1) is 13.1. The maximum Gasteiger partial charge on any atom is 0.221 e. The largest absolute Gasteiger partial charge is 0.383 e. The van der Waals surface area contributed by atoms with Crippen LogP contribution in [0.2, 0.25) is 0 Å². The lowest BCUT2D eigenvalue weighted by atomic mass is 10.0. The third kappa shape index (κ3) is 2.67. The monoisotopic (exact) mass is 278 g/mol. The van der Waals surface area contributed by atoms with Crippen molar-refractivity contribution in [3.05, 3.63) is 48.8 Å². The fourth-order valence-corrected chi connectivity index (χ4v) is 2.24. The predicted molar refractivity (Wildman–Crippen MR) is 83.7 cm³/mol. The Kier molecular flexibility index (Phi) is 3.23. The van der Waals surface area contributed by atoms with Crippen LogP contribution in [0.1, 0.15) is 6.92 Å². The Bertz CT molecular complexity index is 829. The Morgan fingerprint density at radius 3 is 2.71 bits per heavy atom. The summed E-state index contributed by atoms with van der Waals surface area (Å²) < 4.78 is 0. The highest BCUT2D eigenvalue weighted by Crippen LogP contribution is 2.27. The second kappa shape index (κ2) is 5.20. The van der Waals surface area contributed by atoms with Gasteiger partial charge in [-0.15, -0.1) is 0 Å². The molecule has 3 N–H and O–H groups in total. The van der Waals surface area contributed by atoms with Crippen molar-refractivity contribution in [1.82, 2.24) is 9.97 Å². The standard InChI is InChI=1S/C16H14N4O/c1-10(21)20-13-4-2-3-11(7-13)12-5-6-15-14(8-12)16(17)19-9-18-15/h2-9H,1H3,(H,20,21)(H2,17,18,19). The van der Waals surface area contributed by atoms with Crippen molar-refractivity contribution in [3.63, 3.8) is 0 Å². The van der Waals surface area contributed by atoms with Crippen molar-refractivity contribution in [2.24, 2.45) is 0 Å². The minimum Gasteiger partial charge on any atom is -0.383 e. The lowest BCUT2D eigenvalue weighted by Crippen LogP contribution is -2.05. The van der Waals surface area contributed by atoms with Crippen molar-refractivity contribution in [1.29, 1.82) is 0 Å². The molecule has 0 spiro atoms. The molecule has 0 atom stereocenters. The number of nitrogens with two attached hydrogens (primary N) is 1. The van der Waals surface area contributed by atoms with E-state index in [1.807, 2.05) is 42.5 Å². The van der Waals surface area contributed by atoms with Gasteiger partial charge in [0.2, 0.25) is 5.91 Å². The molecule has 21 heavy (non-hydrogen) atoms. The number of hydrogen-bond donors (Lipinski definition) is 2. The number of aromatic nitrogens is 2. The van der Waals surface area contributed by atoms with Crippen molar-refractivity contribution in [3.8, 4) is 11.1 Å². The van der Waals surface area contributed by atoms with Gasteiger partial charge in [-0.1, -0.05) is 18.2 Å². The van der Waals surface area contributed by atoms with E-state index in [-0.39, 0.29) is 5.91 Å². The number of nitrogens with zero attached hydrogens (tertiary/aromatic N) is 2. The summed E-state index contributed by atoms with van der Waals surface area (Å²) in [5, 5.41) is 3.59. The minimum absolute atomic E-state index is 0.0942.